The molecular weight excluding hydrogens is 485 g/mol. The first-order valence-corrected chi connectivity index (χ1v) is 8.49. The van der Waals surface area contributed by atoms with Crippen LogP contribution in [0.25, 0.3) is 0 Å². The normalized spacial score (nSPS) is 14.3. The maximum atomic E-state index is 14.4. The number of carbonyl (C=O) groups is 3. The van der Waals surface area contributed by atoms with Crippen molar-refractivity contribution < 1.29 is 38.1 Å². The molecule has 0 fully saturated rings. The van der Waals surface area contributed by atoms with Crippen LogP contribution in [0.5, 0.6) is 0 Å². The Labute approximate surface area is 163 Å². The summed E-state index contributed by atoms with van der Waals surface area (Å²) in [5.41, 5.74) is -1.41. The minimum atomic E-state index is -1.58. The van der Waals surface area contributed by atoms with Gasteiger partial charge < -0.3 is 24.2 Å². The average Bonchev–Trinajstić information content (AvgIpc) is 2.62. The Morgan fingerprint density at radius 3 is 2.35 bits per heavy atom. The molecule has 0 unspecified atom stereocenters. The minimum Gasteiger partial charge on any atom is -0.478 e. The topological polar surface area (TPSA) is 102 Å². The number of carboxylic acids is 1. The van der Waals surface area contributed by atoms with Crippen LogP contribution in [0.4, 0.5) is 10.1 Å². The Morgan fingerprint density at radius 2 is 1.81 bits per heavy atom. The van der Waals surface area contributed by atoms with Crippen molar-refractivity contribution in [1.29, 1.82) is 0 Å². The third kappa shape index (κ3) is 3.60. The Hall–Kier alpha value is -1.98. The van der Waals surface area contributed by atoms with E-state index in [9.17, 15) is 23.9 Å². The highest BCUT2D eigenvalue weighted by Crippen LogP contribution is 2.39. The quantitative estimate of drug-likeness (QED) is 0.501. The van der Waals surface area contributed by atoms with Gasteiger partial charge in [-0.15, -0.1) is 0 Å². The van der Waals surface area contributed by atoms with Crippen molar-refractivity contribution in [2.24, 2.45) is 0 Å². The molecule has 1 aromatic carbocycles. The summed E-state index contributed by atoms with van der Waals surface area (Å²) in [7, 11) is 2.20. The highest BCUT2D eigenvalue weighted by molar-refractivity contribution is 9.11. The van der Waals surface area contributed by atoms with Gasteiger partial charge in [-0.25, -0.2) is 18.8 Å². The van der Waals surface area contributed by atoms with Crippen molar-refractivity contribution in [2.45, 2.75) is 0 Å². The van der Waals surface area contributed by atoms with Crippen LogP contribution in [0.15, 0.2) is 26.3 Å². The molecule has 1 aliphatic rings. The Balaban J connectivity index is 2.81. The van der Waals surface area contributed by atoms with Crippen LogP contribution in [-0.4, -0.2) is 50.6 Å². The van der Waals surface area contributed by atoms with Crippen molar-refractivity contribution in [3.8, 4) is 0 Å². The lowest BCUT2D eigenvalue weighted by Gasteiger charge is -2.32. The number of rotatable bonds is 4. The second-order valence-corrected chi connectivity index (χ2v) is 6.61. The maximum absolute atomic E-state index is 14.4. The van der Waals surface area contributed by atoms with Gasteiger partial charge in [0.2, 0.25) is 0 Å². The molecule has 2 rings (SSSR count). The van der Waals surface area contributed by atoms with E-state index in [2.05, 4.69) is 36.6 Å². The lowest BCUT2D eigenvalue weighted by Crippen LogP contribution is -2.39. The Kier molecular flexibility index (Phi) is 6.37. The van der Waals surface area contributed by atoms with Crippen molar-refractivity contribution >= 4 is 55.5 Å². The van der Waals surface area contributed by atoms with Crippen molar-refractivity contribution in [3.05, 3.63) is 37.7 Å². The SMILES string of the molecule is COC(=O)C1=C(C(=O)OC)N(c2c(Br)cc(Br)c(F)c2C(=O)O)COC1. The third-order valence-electron chi connectivity index (χ3n) is 3.46. The number of hydrogen-bond acceptors (Lipinski definition) is 7. The summed E-state index contributed by atoms with van der Waals surface area (Å²) in [6.07, 6.45) is 0. The zero-order valence-electron chi connectivity index (χ0n) is 13.5. The zero-order valence-corrected chi connectivity index (χ0v) is 16.6. The largest absolute Gasteiger partial charge is 0.478 e. The molecule has 0 spiro atoms. The van der Waals surface area contributed by atoms with Crippen LogP contribution >= 0.6 is 31.9 Å². The summed E-state index contributed by atoms with van der Waals surface area (Å²) in [5, 5.41) is 9.46. The molecule has 0 saturated heterocycles. The Morgan fingerprint density at radius 1 is 1.19 bits per heavy atom. The number of aromatic carboxylic acids is 1. The number of benzene rings is 1. The number of carboxylic acid groups (broad SMARTS) is 1. The summed E-state index contributed by atoms with van der Waals surface area (Å²) in [5.74, 6) is -4.42. The van der Waals surface area contributed by atoms with Gasteiger partial charge in [-0.3, -0.25) is 0 Å². The second-order valence-electron chi connectivity index (χ2n) is 4.90. The first kappa shape index (κ1) is 20.3. The van der Waals surface area contributed by atoms with E-state index in [1.807, 2.05) is 0 Å². The predicted molar refractivity (Wildman–Crippen MR) is 93.1 cm³/mol. The van der Waals surface area contributed by atoms with E-state index in [4.69, 9.17) is 9.47 Å². The molecule has 0 bridgehead atoms. The molecule has 8 nitrogen and oxygen atoms in total. The zero-order chi connectivity index (χ0) is 19.6. The molecule has 1 N–H and O–H groups in total. The third-order valence-corrected chi connectivity index (χ3v) is 4.64. The van der Waals surface area contributed by atoms with Gasteiger partial charge >= 0.3 is 17.9 Å². The fraction of sp³-hybridized carbons (Fsp3) is 0.267. The molecule has 140 valence electrons. The summed E-state index contributed by atoms with van der Waals surface area (Å²) in [6.45, 7) is -0.572. The predicted octanol–water partition coefficient (Wildman–Crippen LogP) is 2.44. The van der Waals surface area contributed by atoms with Crippen LogP contribution < -0.4 is 4.90 Å². The molecular formula is C15H12Br2FNO7. The van der Waals surface area contributed by atoms with Gasteiger partial charge in [-0.05, 0) is 37.9 Å². The standard InChI is InChI=1S/C15H12Br2FNO7/c1-24-14(22)6-4-26-5-19(11(6)15(23)25-2)12-8(17)3-7(16)10(18)9(12)13(20)21/h3H,4-5H2,1-2H3,(H,20,21). The van der Waals surface area contributed by atoms with Crippen LogP contribution in [0.3, 0.4) is 0 Å². The molecule has 0 amide bonds. The first-order valence-electron chi connectivity index (χ1n) is 6.90. The molecule has 1 aliphatic heterocycles. The molecule has 1 aromatic rings. The molecule has 11 heteroatoms. The van der Waals surface area contributed by atoms with Crippen LogP contribution in [0.2, 0.25) is 0 Å². The van der Waals surface area contributed by atoms with E-state index in [0.29, 0.717) is 0 Å². The molecule has 0 aromatic heterocycles. The van der Waals surface area contributed by atoms with Crippen LogP contribution in [-0.2, 0) is 23.8 Å². The van der Waals surface area contributed by atoms with E-state index in [1.54, 1.807) is 0 Å². The Bertz CT molecular complexity index is 825. The summed E-state index contributed by atoms with van der Waals surface area (Å²) in [6, 6.07) is 1.28. The fourth-order valence-electron chi connectivity index (χ4n) is 2.36. The number of hydrogen-bond donors (Lipinski definition) is 1. The van der Waals surface area contributed by atoms with Crippen molar-refractivity contribution in [3.63, 3.8) is 0 Å². The number of halogens is 3. The van der Waals surface area contributed by atoms with E-state index in [1.165, 1.54) is 6.07 Å². The van der Waals surface area contributed by atoms with E-state index < -0.39 is 29.3 Å². The van der Waals surface area contributed by atoms with Gasteiger partial charge in [0.1, 0.15) is 18.0 Å². The van der Waals surface area contributed by atoms with E-state index in [-0.39, 0.29) is 39.2 Å². The van der Waals surface area contributed by atoms with Gasteiger partial charge in [0.25, 0.3) is 0 Å². The monoisotopic (exact) mass is 495 g/mol. The smallest absolute Gasteiger partial charge is 0.355 e. The van der Waals surface area contributed by atoms with Gasteiger partial charge in [0.05, 0.1) is 36.6 Å². The molecule has 0 aliphatic carbocycles. The van der Waals surface area contributed by atoms with Crippen molar-refractivity contribution in [2.75, 3.05) is 32.5 Å². The highest BCUT2D eigenvalue weighted by atomic mass is 79.9. The van der Waals surface area contributed by atoms with Gasteiger partial charge in [-0.2, -0.15) is 0 Å². The lowest BCUT2D eigenvalue weighted by atomic mass is 10.1. The first-order chi connectivity index (χ1) is 12.2. The molecule has 0 atom stereocenters. The van der Waals surface area contributed by atoms with E-state index in [0.717, 1.165) is 19.1 Å². The van der Waals surface area contributed by atoms with E-state index >= 15 is 0 Å². The average molecular weight is 497 g/mol. The van der Waals surface area contributed by atoms with Gasteiger partial charge in [-0.1, -0.05) is 0 Å². The summed E-state index contributed by atoms with van der Waals surface area (Å²) in [4.78, 5) is 37.0. The van der Waals surface area contributed by atoms with Gasteiger partial charge in [0, 0.05) is 4.47 Å². The van der Waals surface area contributed by atoms with Crippen LogP contribution in [0.1, 0.15) is 10.4 Å². The summed E-state index contributed by atoms with van der Waals surface area (Å²) < 4.78 is 29.1. The van der Waals surface area contributed by atoms with Crippen molar-refractivity contribution in [1.82, 2.24) is 0 Å². The lowest BCUT2D eigenvalue weighted by molar-refractivity contribution is -0.140. The molecule has 1 heterocycles. The summed E-state index contributed by atoms with van der Waals surface area (Å²) >= 11 is 6.09. The van der Waals surface area contributed by atoms with Crippen LogP contribution in [0, 0.1) is 5.82 Å². The molecule has 0 saturated carbocycles. The molecule has 26 heavy (non-hydrogen) atoms. The second kappa shape index (κ2) is 8.14. The minimum absolute atomic E-state index is 0.0970. The number of carbonyl (C=O) groups excluding carboxylic acids is 2. The fourth-order valence-corrected chi connectivity index (χ4v) is 3.74. The number of nitrogens with zero attached hydrogens (tertiary/aromatic N) is 1. The molecule has 0 radical (unpaired) electrons. The highest BCUT2D eigenvalue weighted by Gasteiger charge is 2.36. The van der Waals surface area contributed by atoms with Gasteiger partial charge in [0.15, 0.2) is 5.82 Å². The number of anilines is 1. The number of methoxy groups -OCH3 is 2. The number of esters is 2. The number of ether oxygens (including phenoxy) is 3. The maximum Gasteiger partial charge on any atom is 0.355 e.